The summed E-state index contributed by atoms with van der Waals surface area (Å²) in [6, 6.07) is 5.70. The van der Waals surface area contributed by atoms with Crippen LogP contribution in [0.3, 0.4) is 0 Å². The molecule has 33 heavy (non-hydrogen) atoms. The molecule has 0 radical (unpaired) electrons. The molecular weight excluding hydrogens is 474 g/mol. The molecule has 0 amide bonds. The summed E-state index contributed by atoms with van der Waals surface area (Å²) in [6.45, 7) is 0.142. The van der Waals surface area contributed by atoms with E-state index in [0.717, 1.165) is 31.2 Å². The number of pyridine rings is 1. The summed E-state index contributed by atoms with van der Waals surface area (Å²) < 4.78 is 28.8. The Kier molecular flexibility index (Phi) is 6.83. The maximum Gasteiger partial charge on any atom is 0.253 e. The molecule has 11 heteroatoms. The predicted molar refractivity (Wildman–Crippen MR) is 118 cm³/mol. The molecule has 3 aliphatic rings. The van der Waals surface area contributed by atoms with Crippen LogP contribution in [0.25, 0.3) is 0 Å². The summed E-state index contributed by atoms with van der Waals surface area (Å²) in [6.07, 6.45) is 6.98. The molecule has 174 valence electrons. The zero-order valence-electron chi connectivity index (χ0n) is 17.7. The van der Waals surface area contributed by atoms with Crippen LogP contribution in [0, 0.1) is 5.82 Å². The van der Waals surface area contributed by atoms with Gasteiger partial charge in [0.05, 0.1) is 21.7 Å². The van der Waals surface area contributed by atoms with E-state index >= 15 is 0 Å². The smallest absolute Gasteiger partial charge is 0.253 e. The van der Waals surface area contributed by atoms with Gasteiger partial charge in [-0.3, -0.25) is 9.78 Å². The van der Waals surface area contributed by atoms with Crippen LogP contribution in [0.5, 0.6) is 11.5 Å². The van der Waals surface area contributed by atoms with Crippen molar-refractivity contribution in [3.05, 3.63) is 64.3 Å². The molecule has 0 saturated heterocycles. The molecule has 2 aromatic heterocycles. The Bertz CT molecular complexity index is 1120. The van der Waals surface area contributed by atoms with Crippen molar-refractivity contribution in [1.82, 2.24) is 20.5 Å². The van der Waals surface area contributed by atoms with Crippen molar-refractivity contribution in [3.63, 3.8) is 0 Å². The number of rotatable bonds is 8. The fourth-order valence-corrected chi connectivity index (χ4v) is 4.40. The highest BCUT2D eigenvalue weighted by Crippen LogP contribution is 2.67. The summed E-state index contributed by atoms with van der Waals surface area (Å²) in [7, 11) is 2.01. The molecule has 1 aromatic carbocycles. The average Bonchev–Trinajstić information content (AvgIpc) is 3.21. The second-order valence-electron chi connectivity index (χ2n) is 8.02. The van der Waals surface area contributed by atoms with Crippen molar-refractivity contribution in [3.8, 4) is 11.5 Å². The van der Waals surface area contributed by atoms with E-state index in [-0.39, 0.29) is 23.7 Å². The molecule has 3 aromatic rings. The lowest BCUT2D eigenvalue weighted by Gasteiger charge is -2.68. The summed E-state index contributed by atoms with van der Waals surface area (Å²) in [5.74, 6) is 1.54. The Morgan fingerprint density at radius 2 is 1.94 bits per heavy atom. The minimum absolute atomic E-state index is 0.0356. The molecule has 3 fully saturated rings. The molecule has 8 nitrogen and oxygen atoms in total. The second-order valence-corrected chi connectivity index (χ2v) is 8.87. The van der Waals surface area contributed by atoms with E-state index in [1.807, 2.05) is 7.05 Å². The number of carbonyl (C=O) groups is 1. The van der Waals surface area contributed by atoms with E-state index in [1.165, 1.54) is 12.1 Å². The van der Waals surface area contributed by atoms with Gasteiger partial charge < -0.3 is 19.2 Å². The van der Waals surface area contributed by atoms with E-state index in [4.69, 9.17) is 37.1 Å². The zero-order chi connectivity index (χ0) is 23.5. The predicted octanol–water partition coefficient (Wildman–Crippen LogP) is 4.15. The molecule has 3 saturated carbocycles. The third-order valence-electron chi connectivity index (χ3n) is 5.73. The first kappa shape index (κ1) is 23.4. The molecule has 3 aliphatic carbocycles. The van der Waals surface area contributed by atoms with Gasteiger partial charge in [0.15, 0.2) is 12.9 Å². The number of aromatic nitrogens is 3. The van der Waals surface area contributed by atoms with Gasteiger partial charge >= 0.3 is 0 Å². The fraction of sp³-hybridized carbons (Fsp3) is 0.364. The van der Waals surface area contributed by atoms with Crippen molar-refractivity contribution in [2.24, 2.45) is 0 Å². The Morgan fingerprint density at radius 3 is 2.61 bits per heavy atom. The first-order valence-electron chi connectivity index (χ1n) is 10.1. The minimum atomic E-state index is -0.555. The number of carbonyl (C=O) groups excluding carboxylic acids is 1. The number of hydrogen-bond acceptors (Lipinski definition) is 8. The van der Waals surface area contributed by atoms with Crippen LogP contribution in [-0.4, -0.2) is 40.7 Å². The number of nitrogens with one attached hydrogen (secondary N) is 1. The van der Waals surface area contributed by atoms with Crippen LogP contribution in [-0.2, 0) is 16.8 Å². The Hall–Kier alpha value is -2.75. The molecule has 2 bridgehead atoms. The minimum Gasteiger partial charge on any atom is -0.486 e. The average molecular weight is 495 g/mol. The maximum absolute atomic E-state index is 12.7. The number of hydrogen-bond donors (Lipinski definition) is 1. The highest BCUT2D eigenvalue weighted by molar-refractivity contribution is 6.30. The molecule has 0 atom stereocenters. The van der Waals surface area contributed by atoms with Gasteiger partial charge in [0.1, 0.15) is 23.9 Å². The monoisotopic (exact) mass is 494 g/mol. The zero-order valence-corrected chi connectivity index (χ0v) is 19.2. The van der Waals surface area contributed by atoms with Crippen LogP contribution in [0.15, 0.2) is 41.1 Å². The summed E-state index contributed by atoms with van der Waals surface area (Å²) in [4.78, 5) is 13.8. The number of aldehydes is 1. The van der Waals surface area contributed by atoms with E-state index in [1.54, 1.807) is 18.5 Å². The van der Waals surface area contributed by atoms with E-state index in [0.29, 0.717) is 34.2 Å². The number of halogens is 3. The highest BCUT2D eigenvalue weighted by Gasteiger charge is 2.70. The lowest BCUT2D eigenvalue weighted by molar-refractivity contribution is -0.109. The highest BCUT2D eigenvalue weighted by atomic mass is 35.5. The number of ether oxygens (including phenoxy) is 2. The van der Waals surface area contributed by atoms with Gasteiger partial charge in [-0.1, -0.05) is 23.2 Å². The van der Waals surface area contributed by atoms with E-state index in [9.17, 15) is 9.18 Å². The summed E-state index contributed by atoms with van der Waals surface area (Å²) in [5, 5.41) is 12.2. The fourth-order valence-electron chi connectivity index (χ4n) is 4.12. The van der Waals surface area contributed by atoms with Crippen molar-refractivity contribution < 1.29 is 23.1 Å². The van der Waals surface area contributed by atoms with Crippen molar-refractivity contribution >= 4 is 29.5 Å². The molecule has 0 aliphatic heterocycles. The summed E-state index contributed by atoms with van der Waals surface area (Å²) in [5.41, 5.74) is 0.420. The second kappa shape index (κ2) is 9.62. The maximum atomic E-state index is 12.7. The Morgan fingerprint density at radius 1 is 1.15 bits per heavy atom. The van der Waals surface area contributed by atoms with Crippen LogP contribution < -0.4 is 14.8 Å². The SMILES string of the molecule is CNC12CC(c3nnc(COc4cncc(Cl)c4)o3)(C1)C2.O=CCOc1ccc(Cl)c(F)c1. The van der Waals surface area contributed by atoms with Gasteiger partial charge in [-0.2, -0.15) is 0 Å². The number of nitrogens with zero attached hydrogens (tertiary/aromatic N) is 3. The first-order chi connectivity index (χ1) is 15.9. The number of benzene rings is 1. The normalized spacial score (nSPS) is 22.3. The van der Waals surface area contributed by atoms with E-state index < -0.39 is 5.82 Å². The lowest BCUT2D eigenvalue weighted by Crippen LogP contribution is -2.75. The van der Waals surface area contributed by atoms with Gasteiger partial charge in [0, 0.05) is 23.9 Å². The quantitative estimate of drug-likeness (QED) is 0.466. The van der Waals surface area contributed by atoms with Gasteiger partial charge in [-0.25, -0.2) is 4.39 Å². The first-order valence-corrected chi connectivity index (χ1v) is 10.9. The standard InChI is InChI=1S/C14H15ClN4O2.C8H6ClFO2/c1-16-14-6-13(7-14,8-14)12-19-18-11(21-12)5-20-10-2-9(15)3-17-4-10;9-7-2-1-6(5-8(7)10)12-4-3-11/h2-4,16H,5-8H2,1H3;1-3,5H,4H2. The molecule has 0 unspecified atom stereocenters. The Labute approximate surface area is 199 Å². The van der Waals surface area contributed by atoms with Crippen LogP contribution >= 0.6 is 23.2 Å². The van der Waals surface area contributed by atoms with Gasteiger partial charge in [0.25, 0.3) is 5.89 Å². The van der Waals surface area contributed by atoms with Gasteiger partial charge in [0.2, 0.25) is 5.89 Å². The van der Waals surface area contributed by atoms with Crippen molar-refractivity contribution in [2.75, 3.05) is 13.7 Å². The Balaban J connectivity index is 0.000000185. The molecule has 2 heterocycles. The van der Waals surface area contributed by atoms with E-state index in [2.05, 4.69) is 20.5 Å². The third kappa shape index (κ3) is 5.10. The van der Waals surface area contributed by atoms with Crippen LogP contribution in [0.1, 0.15) is 31.0 Å². The van der Waals surface area contributed by atoms with Gasteiger partial charge in [-0.15, -0.1) is 10.2 Å². The summed E-state index contributed by atoms with van der Waals surface area (Å²) >= 11 is 11.3. The van der Waals surface area contributed by atoms with Gasteiger partial charge in [-0.05, 0) is 38.4 Å². The molecule has 1 N–H and O–H groups in total. The molecule has 6 rings (SSSR count). The van der Waals surface area contributed by atoms with Crippen LogP contribution in [0.2, 0.25) is 10.0 Å². The van der Waals surface area contributed by atoms with Crippen molar-refractivity contribution in [2.45, 2.75) is 36.8 Å². The lowest BCUT2D eigenvalue weighted by atomic mass is 9.39. The molecular formula is C22H21Cl2FN4O4. The largest absolute Gasteiger partial charge is 0.486 e. The molecule has 0 spiro atoms. The van der Waals surface area contributed by atoms with Crippen molar-refractivity contribution in [1.29, 1.82) is 0 Å². The van der Waals surface area contributed by atoms with Crippen LogP contribution in [0.4, 0.5) is 4.39 Å². The topological polar surface area (TPSA) is 99.4 Å². The third-order valence-corrected chi connectivity index (χ3v) is 6.25.